The predicted octanol–water partition coefficient (Wildman–Crippen LogP) is 2.73. The predicted molar refractivity (Wildman–Crippen MR) is 113 cm³/mol. The van der Waals surface area contributed by atoms with Gasteiger partial charge in [0.05, 0.1) is 26.0 Å². The number of halogens is 1. The fourth-order valence-electron chi connectivity index (χ4n) is 3.17. The molecule has 1 aliphatic heterocycles. The normalized spacial score (nSPS) is 15.4. The largest absolute Gasteiger partial charge is 0.469 e. The van der Waals surface area contributed by atoms with Crippen LogP contribution in [0.1, 0.15) is 23.3 Å². The third-order valence-electron chi connectivity index (χ3n) is 4.95. The number of hydrogen-bond acceptors (Lipinski definition) is 4. The summed E-state index contributed by atoms with van der Waals surface area (Å²) in [6.07, 6.45) is 3.48. The highest BCUT2D eigenvalue weighted by atomic mass is 19.1. The maximum absolute atomic E-state index is 13.8. The molecule has 0 unspecified atom stereocenters. The molecule has 0 amide bonds. The van der Waals surface area contributed by atoms with E-state index in [1.807, 2.05) is 18.2 Å². The number of ether oxygens (including phenoxy) is 1. The monoisotopic (exact) mass is 402 g/mol. The zero-order valence-corrected chi connectivity index (χ0v) is 17.1. The number of aryl methyl sites for hydroxylation is 1. The lowest BCUT2D eigenvalue weighted by atomic mass is 10.1. The van der Waals surface area contributed by atoms with Gasteiger partial charge in [-0.05, 0) is 49.2 Å². The number of rotatable bonds is 9. The van der Waals surface area contributed by atoms with Gasteiger partial charge in [0.1, 0.15) is 11.6 Å². The molecule has 29 heavy (non-hydrogen) atoms. The quantitative estimate of drug-likeness (QED) is 0.384. The third kappa shape index (κ3) is 7.51. The van der Waals surface area contributed by atoms with Gasteiger partial charge in [-0.1, -0.05) is 12.1 Å². The van der Waals surface area contributed by atoms with Gasteiger partial charge >= 0.3 is 0 Å². The number of aliphatic imine (C=N–C) groups is 1. The third-order valence-corrected chi connectivity index (χ3v) is 4.95. The lowest BCUT2D eigenvalue weighted by Gasteiger charge is -2.26. The lowest BCUT2D eigenvalue weighted by molar-refractivity contribution is 0.0376. The Morgan fingerprint density at radius 3 is 2.76 bits per heavy atom. The first-order valence-electron chi connectivity index (χ1n) is 10.3. The van der Waals surface area contributed by atoms with Gasteiger partial charge in [0, 0.05) is 32.6 Å². The van der Waals surface area contributed by atoms with Crippen molar-refractivity contribution in [1.82, 2.24) is 15.5 Å². The van der Waals surface area contributed by atoms with E-state index in [-0.39, 0.29) is 5.82 Å². The summed E-state index contributed by atoms with van der Waals surface area (Å²) in [7, 11) is 0. The Morgan fingerprint density at radius 2 is 2.00 bits per heavy atom. The van der Waals surface area contributed by atoms with Crippen LogP contribution in [0.25, 0.3) is 0 Å². The van der Waals surface area contributed by atoms with Crippen molar-refractivity contribution >= 4 is 5.96 Å². The van der Waals surface area contributed by atoms with Gasteiger partial charge < -0.3 is 19.8 Å². The highest BCUT2D eigenvalue weighted by molar-refractivity contribution is 5.79. The van der Waals surface area contributed by atoms with Crippen molar-refractivity contribution in [3.63, 3.8) is 0 Å². The van der Waals surface area contributed by atoms with Gasteiger partial charge in [0.25, 0.3) is 0 Å². The standard InChI is InChI=1S/C22H31FN4O2/c1-18-5-6-19(16-21(18)23)17-26-22(25-9-7-20-4-2-13-29-20)24-8-3-10-27-11-14-28-15-12-27/h2,4-6,13,16H,3,7-12,14-15,17H2,1H3,(H2,24,25,26). The molecule has 0 spiro atoms. The average Bonchev–Trinajstić information content (AvgIpc) is 3.25. The highest BCUT2D eigenvalue weighted by Gasteiger charge is 2.09. The van der Waals surface area contributed by atoms with Gasteiger partial charge in [-0.25, -0.2) is 9.38 Å². The van der Waals surface area contributed by atoms with Crippen LogP contribution in [-0.2, 0) is 17.7 Å². The zero-order chi connectivity index (χ0) is 20.3. The van der Waals surface area contributed by atoms with E-state index in [0.717, 1.165) is 69.5 Å². The second-order valence-electron chi connectivity index (χ2n) is 7.24. The molecule has 1 fully saturated rings. The van der Waals surface area contributed by atoms with Gasteiger partial charge in [-0.15, -0.1) is 0 Å². The first-order chi connectivity index (χ1) is 14.2. The Balaban J connectivity index is 1.49. The van der Waals surface area contributed by atoms with Gasteiger partial charge in [-0.2, -0.15) is 0 Å². The van der Waals surface area contributed by atoms with E-state index in [1.54, 1.807) is 25.3 Å². The number of morpholine rings is 1. The van der Waals surface area contributed by atoms with Crippen LogP contribution in [-0.4, -0.2) is 56.8 Å². The minimum atomic E-state index is -0.191. The number of hydrogen-bond donors (Lipinski definition) is 2. The molecule has 3 rings (SSSR count). The van der Waals surface area contributed by atoms with Crippen LogP contribution in [0.2, 0.25) is 0 Å². The summed E-state index contributed by atoms with van der Waals surface area (Å²) in [6.45, 7) is 8.42. The van der Waals surface area contributed by atoms with Crippen LogP contribution in [0.15, 0.2) is 46.0 Å². The molecule has 2 aromatic rings. The van der Waals surface area contributed by atoms with Crippen molar-refractivity contribution in [2.45, 2.75) is 26.3 Å². The minimum absolute atomic E-state index is 0.191. The molecule has 1 saturated heterocycles. The van der Waals surface area contributed by atoms with Crippen LogP contribution >= 0.6 is 0 Å². The molecule has 0 saturated carbocycles. The molecule has 1 aromatic carbocycles. The second kappa shape index (κ2) is 11.6. The van der Waals surface area contributed by atoms with E-state index < -0.39 is 0 Å². The topological polar surface area (TPSA) is 62.0 Å². The van der Waals surface area contributed by atoms with Crippen LogP contribution in [0.5, 0.6) is 0 Å². The van der Waals surface area contributed by atoms with E-state index in [9.17, 15) is 4.39 Å². The van der Waals surface area contributed by atoms with E-state index in [0.29, 0.717) is 18.7 Å². The Morgan fingerprint density at radius 1 is 1.17 bits per heavy atom. The van der Waals surface area contributed by atoms with Crippen LogP contribution in [0.3, 0.4) is 0 Å². The number of nitrogens with zero attached hydrogens (tertiary/aromatic N) is 2. The van der Waals surface area contributed by atoms with E-state index >= 15 is 0 Å². The first kappa shape index (κ1) is 21.3. The summed E-state index contributed by atoms with van der Waals surface area (Å²) in [5, 5.41) is 6.74. The van der Waals surface area contributed by atoms with Crippen LogP contribution in [0, 0.1) is 12.7 Å². The molecule has 158 valence electrons. The Labute approximate surface area is 172 Å². The highest BCUT2D eigenvalue weighted by Crippen LogP contribution is 2.10. The van der Waals surface area contributed by atoms with Crippen molar-refractivity contribution in [2.75, 3.05) is 45.9 Å². The molecular weight excluding hydrogens is 371 g/mol. The fourth-order valence-corrected chi connectivity index (χ4v) is 3.17. The molecule has 0 atom stereocenters. The Bertz CT molecular complexity index is 758. The van der Waals surface area contributed by atoms with E-state index in [4.69, 9.17) is 9.15 Å². The molecule has 1 aliphatic rings. The van der Waals surface area contributed by atoms with Gasteiger partial charge in [0.2, 0.25) is 0 Å². The molecule has 7 heteroatoms. The number of nitrogens with one attached hydrogen (secondary N) is 2. The van der Waals surface area contributed by atoms with Gasteiger partial charge in [-0.3, -0.25) is 4.90 Å². The van der Waals surface area contributed by atoms with Crippen LogP contribution in [0.4, 0.5) is 4.39 Å². The summed E-state index contributed by atoms with van der Waals surface area (Å²) in [6, 6.07) is 9.11. The molecule has 0 radical (unpaired) electrons. The molecule has 1 aromatic heterocycles. The number of furan rings is 1. The maximum atomic E-state index is 13.8. The fraction of sp³-hybridized carbons (Fsp3) is 0.500. The number of guanidine groups is 1. The summed E-state index contributed by atoms with van der Waals surface area (Å²) in [4.78, 5) is 7.05. The van der Waals surface area contributed by atoms with Crippen molar-refractivity contribution in [1.29, 1.82) is 0 Å². The maximum Gasteiger partial charge on any atom is 0.191 e. The summed E-state index contributed by atoms with van der Waals surface area (Å²) in [5.74, 6) is 1.48. The molecule has 0 bridgehead atoms. The molecular formula is C22H31FN4O2. The average molecular weight is 403 g/mol. The zero-order valence-electron chi connectivity index (χ0n) is 17.1. The van der Waals surface area contributed by atoms with Crippen molar-refractivity contribution < 1.29 is 13.5 Å². The molecule has 2 heterocycles. The Hall–Kier alpha value is -2.38. The van der Waals surface area contributed by atoms with E-state index in [2.05, 4.69) is 20.5 Å². The minimum Gasteiger partial charge on any atom is -0.469 e. The molecule has 6 nitrogen and oxygen atoms in total. The summed E-state index contributed by atoms with van der Waals surface area (Å²) < 4.78 is 24.6. The van der Waals surface area contributed by atoms with Crippen molar-refractivity contribution in [3.05, 3.63) is 59.3 Å². The summed E-state index contributed by atoms with van der Waals surface area (Å²) >= 11 is 0. The lowest BCUT2D eigenvalue weighted by Crippen LogP contribution is -2.41. The molecule has 2 N–H and O–H groups in total. The SMILES string of the molecule is Cc1ccc(CN=C(NCCCN2CCOCC2)NCCc2ccco2)cc1F. The smallest absolute Gasteiger partial charge is 0.191 e. The van der Waals surface area contributed by atoms with Crippen molar-refractivity contribution in [2.24, 2.45) is 4.99 Å². The first-order valence-corrected chi connectivity index (χ1v) is 10.3. The number of benzene rings is 1. The van der Waals surface area contributed by atoms with Crippen molar-refractivity contribution in [3.8, 4) is 0 Å². The Kier molecular flexibility index (Phi) is 8.52. The second-order valence-corrected chi connectivity index (χ2v) is 7.24. The van der Waals surface area contributed by atoms with Crippen LogP contribution < -0.4 is 10.6 Å². The van der Waals surface area contributed by atoms with Gasteiger partial charge in [0.15, 0.2) is 5.96 Å². The van der Waals surface area contributed by atoms with E-state index in [1.165, 1.54) is 0 Å². The summed E-state index contributed by atoms with van der Waals surface area (Å²) in [5.41, 5.74) is 1.50. The molecule has 0 aliphatic carbocycles.